The Morgan fingerprint density at radius 3 is 1.35 bits per heavy atom. The van der Waals surface area contributed by atoms with Gasteiger partial charge in [0.25, 0.3) is 0 Å². The molecule has 0 atom stereocenters. The molecule has 5 rings (SSSR count). The van der Waals surface area contributed by atoms with Crippen LogP contribution in [0.3, 0.4) is 0 Å². The number of aryl methyl sites for hydroxylation is 1. The zero-order valence-electron chi connectivity index (χ0n) is 23.0. The summed E-state index contributed by atoms with van der Waals surface area (Å²) >= 11 is 0. The van der Waals surface area contributed by atoms with Crippen LogP contribution in [0.2, 0.25) is 0 Å². The Morgan fingerprint density at radius 2 is 0.953 bits per heavy atom. The first-order valence-electron chi connectivity index (χ1n) is 13.2. The van der Waals surface area contributed by atoms with Crippen molar-refractivity contribution in [3.8, 4) is 0 Å². The lowest BCUT2D eigenvalue weighted by molar-refractivity contribution is -0.617. The van der Waals surface area contributed by atoms with Gasteiger partial charge < -0.3 is 21.3 Å². The predicted octanol–water partition coefficient (Wildman–Crippen LogP) is 5.78. The lowest BCUT2D eigenvalue weighted by atomic mass is 10.1. The topological polar surface area (TPSA) is 145 Å². The van der Waals surface area contributed by atoms with E-state index in [0.717, 1.165) is 32.9 Å². The Hall–Kier alpha value is -6.15. The fourth-order valence-electron chi connectivity index (χ4n) is 4.59. The summed E-state index contributed by atoms with van der Waals surface area (Å²) in [4.78, 5) is 52.9. The fraction of sp³-hybridized carbons (Fsp3) is 0.0938. The number of fused-ring (bicyclic) bond motifs is 2. The Bertz CT molecular complexity index is 1790. The van der Waals surface area contributed by atoms with E-state index in [1.807, 2.05) is 54.1 Å². The molecule has 43 heavy (non-hydrogen) atoms. The van der Waals surface area contributed by atoms with E-state index in [4.69, 9.17) is 0 Å². The molecule has 4 aromatic carbocycles. The van der Waals surface area contributed by atoms with Gasteiger partial charge >= 0.3 is 12.1 Å². The number of aliphatic imine (C=N–C) groups is 2. The van der Waals surface area contributed by atoms with Crippen LogP contribution < -0.4 is 25.8 Å². The number of hydrogen-bond acceptors (Lipinski definition) is 6. The first-order chi connectivity index (χ1) is 20.9. The highest BCUT2D eigenvalue weighted by molar-refractivity contribution is 6.02. The second-order valence-corrected chi connectivity index (χ2v) is 9.62. The number of aromatic nitrogens is 1. The smallest absolute Gasteiger partial charge is 0.308 e. The number of hydrogen-bond donors (Lipinski definition) is 4. The molecule has 0 spiro atoms. The van der Waals surface area contributed by atoms with Crippen molar-refractivity contribution in [1.29, 1.82) is 0 Å². The molecule has 0 aliphatic carbocycles. The van der Waals surface area contributed by atoms with Gasteiger partial charge in [0.15, 0.2) is 0 Å². The second-order valence-electron chi connectivity index (χ2n) is 9.62. The maximum Gasteiger partial charge on any atom is 0.323 e. The number of rotatable bonds is 8. The van der Waals surface area contributed by atoms with Gasteiger partial charge in [-0.25, -0.2) is 29.2 Å². The van der Waals surface area contributed by atoms with Gasteiger partial charge in [0.1, 0.15) is 7.05 Å². The number of nitrogens with one attached hydrogen (secondary N) is 4. The molecule has 11 nitrogen and oxygen atoms in total. The number of pyridine rings is 1. The van der Waals surface area contributed by atoms with Gasteiger partial charge in [-0.05, 0) is 65.7 Å². The minimum absolute atomic E-state index is 0.236. The van der Waals surface area contributed by atoms with E-state index < -0.39 is 12.1 Å². The van der Waals surface area contributed by atoms with Crippen molar-refractivity contribution in [2.24, 2.45) is 17.0 Å². The van der Waals surface area contributed by atoms with E-state index in [-0.39, 0.29) is 13.1 Å². The van der Waals surface area contributed by atoms with Crippen molar-refractivity contribution in [2.45, 2.75) is 13.1 Å². The molecule has 11 heteroatoms. The quantitative estimate of drug-likeness (QED) is 0.0809. The first-order valence-corrected chi connectivity index (χ1v) is 13.2. The monoisotopic (exact) mass is 572 g/mol. The van der Waals surface area contributed by atoms with Crippen molar-refractivity contribution in [3.63, 3.8) is 0 Å². The SMILES string of the molecule is C[n+]1c2cc(NC(=O)Nc3ccc(CN=C=O)cc3)ccc2cc2ccc(NC(=O)Nc3ccc(CN=C=O)cc3)cc21. The molecule has 212 valence electrons. The van der Waals surface area contributed by atoms with Crippen LogP contribution in [0.15, 0.2) is 101 Å². The average molecular weight is 573 g/mol. The molecule has 0 unspecified atom stereocenters. The normalized spacial score (nSPS) is 10.3. The number of urea groups is 2. The summed E-state index contributed by atoms with van der Waals surface area (Å²) in [6, 6.07) is 26.6. The van der Waals surface area contributed by atoms with Gasteiger partial charge in [-0.2, -0.15) is 4.57 Å². The number of carbonyl (C=O) groups is 2. The highest BCUT2D eigenvalue weighted by Gasteiger charge is 2.15. The fourth-order valence-corrected chi connectivity index (χ4v) is 4.59. The third kappa shape index (κ3) is 7.14. The molecule has 0 saturated heterocycles. The summed E-state index contributed by atoms with van der Waals surface area (Å²) in [6.07, 6.45) is 3.01. The lowest BCUT2D eigenvalue weighted by Crippen LogP contribution is -2.30. The van der Waals surface area contributed by atoms with Crippen LogP contribution in [0, 0.1) is 0 Å². The van der Waals surface area contributed by atoms with Gasteiger partial charge in [-0.15, -0.1) is 0 Å². The van der Waals surface area contributed by atoms with Gasteiger partial charge in [0, 0.05) is 45.7 Å². The summed E-state index contributed by atoms with van der Waals surface area (Å²) in [5.41, 5.74) is 5.83. The van der Waals surface area contributed by atoms with Gasteiger partial charge in [0.2, 0.25) is 23.2 Å². The largest absolute Gasteiger partial charge is 0.323 e. The zero-order chi connectivity index (χ0) is 30.2. The summed E-state index contributed by atoms with van der Waals surface area (Å²) in [5.74, 6) is 0. The van der Waals surface area contributed by atoms with E-state index in [9.17, 15) is 19.2 Å². The van der Waals surface area contributed by atoms with Gasteiger partial charge in [-0.3, -0.25) is 0 Å². The lowest BCUT2D eigenvalue weighted by Gasteiger charge is -2.10. The molecule has 5 aromatic rings. The van der Waals surface area contributed by atoms with Gasteiger partial charge in [0.05, 0.1) is 13.1 Å². The Morgan fingerprint density at radius 1 is 0.581 bits per heavy atom. The average Bonchev–Trinajstić information content (AvgIpc) is 3.01. The van der Waals surface area contributed by atoms with E-state index in [2.05, 4.69) is 31.3 Å². The van der Waals surface area contributed by atoms with Crippen LogP contribution in [-0.4, -0.2) is 24.2 Å². The van der Waals surface area contributed by atoms with Crippen LogP contribution in [0.1, 0.15) is 11.1 Å². The number of benzene rings is 4. The summed E-state index contributed by atoms with van der Waals surface area (Å²) in [7, 11) is 1.92. The van der Waals surface area contributed by atoms with Crippen molar-refractivity contribution >= 4 is 68.8 Å². The van der Waals surface area contributed by atoms with Crippen molar-refractivity contribution in [2.75, 3.05) is 21.3 Å². The Labute approximate surface area is 246 Å². The number of carbonyl (C=O) groups excluding carboxylic acids is 4. The van der Waals surface area contributed by atoms with Crippen LogP contribution in [-0.2, 0) is 29.7 Å². The van der Waals surface area contributed by atoms with E-state index in [1.54, 1.807) is 48.5 Å². The van der Waals surface area contributed by atoms with E-state index in [0.29, 0.717) is 22.7 Å². The first kappa shape index (κ1) is 28.4. The highest BCUT2D eigenvalue weighted by atomic mass is 16.2. The van der Waals surface area contributed by atoms with Crippen LogP contribution in [0.5, 0.6) is 0 Å². The van der Waals surface area contributed by atoms with E-state index >= 15 is 0 Å². The predicted molar refractivity (Wildman–Crippen MR) is 164 cm³/mol. The van der Waals surface area contributed by atoms with Crippen LogP contribution >= 0.6 is 0 Å². The number of isocyanates is 2. The molecule has 1 aromatic heterocycles. The molecular weight excluding hydrogens is 546 g/mol. The van der Waals surface area contributed by atoms with Crippen molar-refractivity contribution in [1.82, 2.24) is 0 Å². The third-order valence-electron chi connectivity index (χ3n) is 6.69. The molecule has 4 amide bonds. The molecular formula is C32H26N7O4+. The number of amides is 4. The molecule has 0 bridgehead atoms. The Kier molecular flexibility index (Phi) is 8.59. The Balaban J connectivity index is 1.28. The molecule has 4 N–H and O–H groups in total. The minimum Gasteiger partial charge on any atom is -0.308 e. The molecule has 0 saturated carbocycles. The van der Waals surface area contributed by atoms with Crippen molar-refractivity contribution < 1.29 is 23.7 Å². The third-order valence-corrected chi connectivity index (χ3v) is 6.69. The number of anilines is 4. The number of nitrogens with zero attached hydrogens (tertiary/aromatic N) is 3. The standard InChI is InChI=1S/C32H25N7O4/c1-39-29-15-27(37-31(42)35-25-8-2-21(3-9-25)17-33-19-40)12-6-23(29)14-24-7-13-28(16-30(24)39)38-32(43)36-26-10-4-22(5-11-26)18-34-20-41/h2-16H,17-18H2,1H3,(H3,35,36,37,38,42,43)/p+1. The van der Waals surface area contributed by atoms with Crippen molar-refractivity contribution in [3.05, 3.63) is 102 Å². The second kappa shape index (κ2) is 13.0. The maximum atomic E-state index is 12.6. The maximum absolute atomic E-state index is 12.6. The zero-order valence-corrected chi connectivity index (χ0v) is 23.0. The summed E-state index contributed by atoms with van der Waals surface area (Å²) in [6.45, 7) is 0.471. The molecule has 0 aliphatic rings. The summed E-state index contributed by atoms with van der Waals surface area (Å²) < 4.78 is 2.00. The highest BCUT2D eigenvalue weighted by Crippen LogP contribution is 2.24. The van der Waals surface area contributed by atoms with Crippen LogP contribution in [0.25, 0.3) is 21.8 Å². The van der Waals surface area contributed by atoms with Crippen LogP contribution in [0.4, 0.5) is 32.3 Å². The molecule has 0 fully saturated rings. The molecule has 0 radical (unpaired) electrons. The molecule has 1 heterocycles. The van der Waals surface area contributed by atoms with E-state index in [1.165, 1.54) is 12.2 Å². The van der Waals surface area contributed by atoms with Gasteiger partial charge in [-0.1, -0.05) is 24.3 Å². The summed E-state index contributed by atoms with van der Waals surface area (Å²) in [5, 5.41) is 13.3. The minimum atomic E-state index is -0.400. The molecule has 0 aliphatic heterocycles.